The molecule has 9 heteroatoms. The Morgan fingerprint density at radius 2 is 1.11 bits per heavy atom. The Kier molecular flexibility index (Phi) is 7.71. The van der Waals surface area contributed by atoms with E-state index in [1.54, 1.807) is 0 Å². The second-order valence-corrected chi connectivity index (χ2v) is 4.70. The van der Waals surface area contributed by atoms with E-state index in [4.69, 9.17) is 39.2 Å². The second kappa shape index (κ2) is 8.17. The highest BCUT2D eigenvalue weighted by Crippen LogP contribution is 2.07. The van der Waals surface area contributed by atoms with Crippen molar-refractivity contribution in [2.24, 2.45) is 11.5 Å². The smallest absolute Gasteiger partial charge is 0.378 e. The fourth-order valence-electron chi connectivity index (χ4n) is 1.29. The molecule has 2 unspecified atom stereocenters. The molecular formula is C10H18N2O6S. The van der Waals surface area contributed by atoms with E-state index in [-0.39, 0.29) is 0 Å². The molecule has 0 aliphatic rings. The largest absolute Gasteiger partial charge is 0.394 e. The van der Waals surface area contributed by atoms with E-state index in [1.807, 2.05) is 24.3 Å². The van der Waals surface area contributed by atoms with Crippen molar-refractivity contribution in [3.63, 3.8) is 0 Å². The lowest BCUT2D eigenvalue weighted by molar-refractivity contribution is 0.181. The molecule has 19 heavy (non-hydrogen) atoms. The first-order chi connectivity index (χ1) is 8.58. The molecule has 1 aromatic carbocycles. The zero-order chi connectivity index (χ0) is 15.1. The molecule has 0 saturated carbocycles. The van der Waals surface area contributed by atoms with Gasteiger partial charge in [-0.15, -0.1) is 0 Å². The number of hydrogen-bond acceptors (Lipinski definition) is 6. The van der Waals surface area contributed by atoms with Crippen LogP contribution in [0.5, 0.6) is 0 Å². The predicted octanol–water partition coefficient (Wildman–Crippen LogP) is -1.33. The van der Waals surface area contributed by atoms with E-state index in [0.717, 1.165) is 11.1 Å². The maximum atomic E-state index is 8.94. The minimum Gasteiger partial charge on any atom is -0.378 e. The lowest BCUT2D eigenvalue weighted by Gasteiger charge is -2.07. The van der Waals surface area contributed by atoms with Crippen LogP contribution in [0.3, 0.4) is 0 Å². The highest BCUT2D eigenvalue weighted by molar-refractivity contribution is 7.79. The van der Waals surface area contributed by atoms with Gasteiger partial charge in [-0.25, -0.2) is 0 Å². The Morgan fingerprint density at radius 1 is 0.895 bits per heavy atom. The van der Waals surface area contributed by atoms with Crippen molar-refractivity contribution in [1.82, 2.24) is 0 Å². The number of aliphatic hydroxyl groups excluding tert-OH is 2. The predicted molar refractivity (Wildman–Crippen MR) is 68.4 cm³/mol. The van der Waals surface area contributed by atoms with Crippen LogP contribution in [0, 0.1) is 0 Å². The van der Waals surface area contributed by atoms with Crippen LogP contribution in [0.2, 0.25) is 0 Å². The molecule has 0 heterocycles. The van der Waals surface area contributed by atoms with Crippen molar-refractivity contribution in [3.8, 4) is 0 Å². The number of nitrogens with two attached hydrogens (primary N) is 2. The van der Waals surface area contributed by atoms with Crippen molar-refractivity contribution in [2.45, 2.75) is 25.3 Å². The molecule has 0 aliphatic heterocycles. The van der Waals surface area contributed by atoms with Crippen LogP contribution >= 0.6 is 0 Å². The topological polar surface area (TPSA) is 167 Å². The molecule has 0 aliphatic carbocycles. The molecule has 0 bridgehead atoms. The molecule has 110 valence electrons. The van der Waals surface area contributed by atoms with Crippen LogP contribution in [-0.4, -0.2) is 40.2 Å². The van der Waals surface area contributed by atoms with Gasteiger partial charge in [-0.1, -0.05) is 24.3 Å². The minimum absolute atomic E-state index is 0.436. The van der Waals surface area contributed by atoms with Gasteiger partial charge in [-0.05, 0) is 11.1 Å². The first-order valence-electron chi connectivity index (χ1n) is 5.23. The van der Waals surface area contributed by atoms with Crippen LogP contribution in [-0.2, 0) is 23.2 Å². The van der Waals surface area contributed by atoms with Crippen molar-refractivity contribution in [1.29, 1.82) is 0 Å². The fraction of sp³-hybridized carbons (Fsp3) is 0.400. The summed E-state index contributed by atoms with van der Waals surface area (Å²) in [6.07, 6.45) is -0.765. The number of rotatable bonds is 4. The summed E-state index contributed by atoms with van der Waals surface area (Å²) in [7, 11) is -4.67. The van der Waals surface area contributed by atoms with Gasteiger partial charge in [0.15, 0.2) is 0 Å². The summed E-state index contributed by atoms with van der Waals surface area (Å²) in [5, 5.41) is 17.9. The zero-order valence-corrected chi connectivity index (χ0v) is 10.9. The summed E-state index contributed by atoms with van der Waals surface area (Å²) in [5.74, 6) is 0. The molecule has 8 nitrogen and oxygen atoms in total. The van der Waals surface area contributed by atoms with Crippen molar-refractivity contribution in [2.75, 3.05) is 0 Å². The Bertz CT molecular complexity index is 420. The first kappa shape index (κ1) is 17.9. The van der Waals surface area contributed by atoms with Crippen molar-refractivity contribution >= 4 is 10.4 Å². The monoisotopic (exact) mass is 294 g/mol. The molecular weight excluding hydrogens is 276 g/mol. The van der Waals surface area contributed by atoms with Gasteiger partial charge in [-0.2, -0.15) is 8.42 Å². The molecule has 8 N–H and O–H groups in total. The standard InChI is InChI=1S/C10H16N2O2.H2O4S/c11-9(13)5-7-1-2-8(4-3-7)6-10(12)14;1-5(2,3)4/h1-4,9-10,13-14H,5-6,11-12H2;(H2,1,2,3,4). The SMILES string of the molecule is NC(O)Cc1ccc(CC(N)O)cc1.O=S(=O)(O)O. The van der Waals surface area contributed by atoms with Crippen LogP contribution in [0.25, 0.3) is 0 Å². The lowest BCUT2D eigenvalue weighted by atomic mass is 10.1. The molecule has 1 rings (SSSR count). The van der Waals surface area contributed by atoms with E-state index < -0.39 is 22.9 Å². The quantitative estimate of drug-likeness (QED) is 0.293. The van der Waals surface area contributed by atoms with Gasteiger partial charge in [0.2, 0.25) is 0 Å². The van der Waals surface area contributed by atoms with E-state index in [0.29, 0.717) is 12.8 Å². The summed E-state index contributed by atoms with van der Waals surface area (Å²) in [6, 6.07) is 7.48. The summed E-state index contributed by atoms with van der Waals surface area (Å²) < 4.78 is 31.6. The summed E-state index contributed by atoms with van der Waals surface area (Å²) in [5.41, 5.74) is 12.4. The molecule has 2 atom stereocenters. The van der Waals surface area contributed by atoms with Crippen molar-refractivity contribution < 1.29 is 27.7 Å². The molecule has 1 aromatic rings. The van der Waals surface area contributed by atoms with Crippen LogP contribution < -0.4 is 11.5 Å². The van der Waals surface area contributed by atoms with E-state index in [9.17, 15) is 0 Å². The van der Waals surface area contributed by atoms with Gasteiger partial charge in [0, 0.05) is 12.8 Å². The lowest BCUT2D eigenvalue weighted by Crippen LogP contribution is -2.22. The third kappa shape index (κ3) is 13.2. The number of aliphatic hydroxyl groups is 2. The Morgan fingerprint density at radius 3 is 1.26 bits per heavy atom. The normalized spacial score (nSPS) is 14.2. The molecule has 0 fully saturated rings. The van der Waals surface area contributed by atoms with E-state index in [1.165, 1.54) is 0 Å². The molecule has 0 amide bonds. The third-order valence-corrected chi connectivity index (χ3v) is 1.91. The van der Waals surface area contributed by atoms with Crippen molar-refractivity contribution in [3.05, 3.63) is 35.4 Å². The van der Waals surface area contributed by atoms with Crippen LogP contribution in [0.15, 0.2) is 24.3 Å². The highest BCUT2D eigenvalue weighted by Gasteiger charge is 2.01. The van der Waals surface area contributed by atoms with Gasteiger partial charge in [0.1, 0.15) is 12.5 Å². The van der Waals surface area contributed by atoms with Gasteiger partial charge in [0.05, 0.1) is 0 Å². The van der Waals surface area contributed by atoms with E-state index in [2.05, 4.69) is 0 Å². The average Bonchev–Trinajstić information content (AvgIpc) is 2.16. The highest BCUT2D eigenvalue weighted by atomic mass is 32.3. The van der Waals surface area contributed by atoms with Gasteiger partial charge in [0.25, 0.3) is 0 Å². The molecule has 0 radical (unpaired) electrons. The molecule has 0 aromatic heterocycles. The van der Waals surface area contributed by atoms with Gasteiger partial charge >= 0.3 is 10.4 Å². The number of benzene rings is 1. The van der Waals surface area contributed by atoms with Crippen LogP contribution in [0.1, 0.15) is 11.1 Å². The third-order valence-electron chi connectivity index (χ3n) is 1.91. The van der Waals surface area contributed by atoms with Crippen LogP contribution in [0.4, 0.5) is 0 Å². The Balaban J connectivity index is 0.000000555. The summed E-state index contributed by atoms with van der Waals surface area (Å²) in [6.45, 7) is 0. The fourth-order valence-corrected chi connectivity index (χ4v) is 1.29. The zero-order valence-electron chi connectivity index (χ0n) is 10.0. The van der Waals surface area contributed by atoms with Gasteiger partial charge in [-0.3, -0.25) is 9.11 Å². The Hall–Kier alpha value is -1.07. The van der Waals surface area contributed by atoms with E-state index >= 15 is 0 Å². The maximum absolute atomic E-state index is 8.94. The number of hydrogen-bond donors (Lipinski definition) is 6. The Labute approximate surface area is 111 Å². The second-order valence-electron chi connectivity index (χ2n) is 3.81. The summed E-state index contributed by atoms with van der Waals surface area (Å²) >= 11 is 0. The van der Waals surface area contributed by atoms with Gasteiger partial charge < -0.3 is 21.7 Å². The maximum Gasteiger partial charge on any atom is 0.394 e. The minimum atomic E-state index is -4.67. The average molecular weight is 294 g/mol. The first-order valence-corrected chi connectivity index (χ1v) is 6.62. The molecule has 0 saturated heterocycles. The molecule has 0 spiro atoms. The summed E-state index contributed by atoms with van der Waals surface area (Å²) in [4.78, 5) is 0.